The van der Waals surface area contributed by atoms with Gasteiger partial charge in [0.25, 0.3) is 0 Å². The van der Waals surface area contributed by atoms with Crippen LogP contribution < -0.4 is 10.9 Å². The smallest absolute Gasteiger partial charge is 0.240 e. The molecular formula is C23H28N4O2. The maximum absolute atomic E-state index is 11.8. The van der Waals surface area contributed by atoms with Crippen LogP contribution in [0.5, 0.6) is 0 Å². The number of hydrazone groups is 2. The van der Waals surface area contributed by atoms with Crippen LogP contribution in [0.15, 0.2) is 58.7 Å². The number of nitrogens with one attached hydrogen (secondary N) is 2. The van der Waals surface area contributed by atoms with Gasteiger partial charge in [-0.2, -0.15) is 10.2 Å². The normalized spacial score (nSPS) is 11.1. The molecule has 0 fully saturated rings. The summed E-state index contributed by atoms with van der Waals surface area (Å²) in [6, 6.07) is 15.8. The minimum atomic E-state index is -0.125. The van der Waals surface area contributed by atoms with Crippen LogP contribution in [0.3, 0.4) is 0 Å². The molecule has 6 heteroatoms. The van der Waals surface area contributed by atoms with Gasteiger partial charge in [0.15, 0.2) is 0 Å². The molecule has 2 aromatic rings. The van der Waals surface area contributed by atoms with E-state index in [1.54, 1.807) is 12.4 Å². The van der Waals surface area contributed by atoms with E-state index in [9.17, 15) is 9.59 Å². The van der Waals surface area contributed by atoms with Gasteiger partial charge in [-0.1, -0.05) is 66.1 Å². The van der Waals surface area contributed by atoms with Gasteiger partial charge in [0.1, 0.15) is 0 Å². The zero-order valence-electron chi connectivity index (χ0n) is 17.0. The van der Waals surface area contributed by atoms with E-state index in [0.29, 0.717) is 25.7 Å². The number of aryl methyl sites for hydroxylation is 2. The molecule has 29 heavy (non-hydrogen) atoms. The molecule has 0 unspecified atom stereocenters. The van der Waals surface area contributed by atoms with Crippen LogP contribution in [-0.4, -0.2) is 24.2 Å². The summed E-state index contributed by atoms with van der Waals surface area (Å²) in [5.41, 5.74) is 9.28. The van der Waals surface area contributed by atoms with E-state index < -0.39 is 0 Å². The first-order valence-corrected chi connectivity index (χ1v) is 9.80. The van der Waals surface area contributed by atoms with Crippen molar-refractivity contribution >= 4 is 24.2 Å². The molecule has 2 N–H and O–H groups in total. The summed E-state index contributed by atoms with van der Waals surface area (Å²) in [5.74, 6) is -0.249. The van der Waals surface area contributed by atoms with Crippen molar-refractivity contribution in [3.05, 3.63) is 70.8 Å². The molecule has 0 bridgehead atoms. The Balaban J connectivity index is 1.53. The summed E-state index contributed by atoms with van der Waals surface area (Å²) in [5, 5.41) is 7.91. The Hall–Kier alpha value is -3.28. The van der Waals surface area contributed by atoms with Gasteiger partial charge in [-0.25, -0.2) is 10.9 Å². The van der Waals surface area contributed by atoms with Gasteiger partial charge in [0.2, 0.25) is 11.8 Å². The molecule has 0 radical (unpaired) electrons. The Morgan fingerprint density at radius 2 is 1.07 bits per heavy atom. The number of nitrogens with zero attached hydrogens (tertiary/aromatic N) is 2. The van der Waals surface area contributed by atoms with Crippen LogP contribution in [0, 0.1) is 13.8 Å². The summed E-state index contributed by atoms with van der Waals surface area (Å²) in [7, 11) is 0. The van der Waals surface area contributed by atoms with Crippen LogP contribution in [0.1, 0.15) is 54.4 Å². The largest absolute Gasteiger partial charge is 0.273 e. The molecule has 0 aromatic heterocycles. The minimum absolute atomic E-state index is 0.125. The van der Waals surface area contributed by atoms with Crippen LogP contribution >= 0.6 is 0 Å². The summed E-state index contributed by atoms with van der Waals surface area (Å²) in [6.07, 6.45) is 6.25. The molecule has 152 valence electrons. The van der Waals surface area contributed by atoms with E-state index in [0.717, 1.165) is 17.5 Å². The lowest BCUT2D eigenvalue weighted by Crippen LogP contribution is -2.18. The summed E-state index contributed by atoms with van der Waals surface area (Å²) >= 11 is 0. The third-order valence-corrected chi connectivity index (χ3v) is 4.27. The van der Waals surface area contributed by atoms with E-state index in [1.165, 1.54) is 11.1 Å². The van der Waals surface area contributed by atoms with Crippen molar-refractivity contribution < 1.29 is 9.59 Å². The lowest BCUT2D eigenvalue weighted by molar-refractivity contribution is -0.121. The molecule has 0 saturated heterocycles. The highest BCUT2D eigenvalue weighted by Gasteiger charge is 2.02. The summed E-state index contributed by atoms with van der Waals surface area (Å²) in [4.78, 5) is 23.5. The van der Waals surface area contributed by atoms with Gasteiger partial charge in [0.05, 0.1) is 12.4 Å². The molecule has 6 nitrogen and oxygen atoms in total. The summed E-state index contributed by atoms with van der Waals surface area (Å²) < 4.78 is 0. The number of benzene rings is 2. The molecule has 2 amide bonds. The maximum atomic E-state index is 11.8. The molecule has 2 aromatic carbocycles. The monoisotopic (exact) mass is 392 g/mol. The Labute approximate surface area is 172 Å². The summed E-state index contributed by atoms with van der Waals surface area (Å²) in [6.45, 7) is 4.04. The fraction of sp³-hybridized carbons (Fsp3) is 0.304. The second-order valence-corrected chi connectivity index (χ2v) is 6.97. The van der Waals surface area contributed by atoms with Gasteiger partial charge in [-0.15, -0.1) is 0 Å². The average Bonchev–Trinajstić information content (AvgIpc) is 2.71. The quantitative estimate of drug-likeness (QED) is 0.366. The number of hydrogen-bond acceptors (Lipinski definition) is 4. The Morgan fingerprint density at radius 3 is 1.45 bits per heavy atom. The van der Waals surface area contributed by atoms with Crippen LogP contribution in [0.25, 0.3) is 0 Å². The lowest BCUT2D eigenvalue weighted by atomic mass is 10.1. The third kappa shape index (κ3) is 9.46. The molecule has 0 aliphatic rings. The highest BCUT2D eigenvalue weighted by Crippen LogP contribution is 2.04. The minimum Gasteiger partial charge on any atom is -0.273 e. The number of carbonyl (C=O) groups is 2. The second-order valence-electron chi connectivity index (χ2n) is 6.97. The SMILES string of the molecule is Cc1ccc(C=NNC(=O)CCCCCC(=O)NN=Cc2ccc(C)cc2)cc1. The van der Waals surface area contributed by atoms with Gasteiger partial charge < -0.3 is 0 Å². The standard InChI is InChI=1S/C23H28N4O2/c1-18-8-12-20(13-9-18)16-24-26-22(28)6-4-3-5-7-23(29)27-25-17-21-14-10-19(2)11-15-21/h8-17H,3-7H2,1-2H3,(H,26,28)(H,27,29). The number of rotatable bonds is 10. The first-order chi connectivity index (χ1) is 14.0. The lowest BCUT2D eigenvalue weighted by Gasteiger charge is -2.01. The number of hydrogen-bond donors (Lipinski definition) is 2. The van der Waals surface area contributed by atoms with Crippen molar-refractivity contribution in [3.8, 4) is 0 Å². The predicted octanol–water partition coefficient (Wildman–Crippen LogP) is 3.85. The van der Waals surface area contributed by atoms with Gasteiger partial charge in [0, 0.05) is 12.8 Å². The first kappa shape index (κ1) is 22.0. The third-order valence-electron chi connectivity index (χ3n) is 4.27. The maximum Gasteiger partial charge on any atom is 0.240 e. The molecule has 0 heterocycles. The van der Waals surface area contributed by atoms with Gasteiger partial charge in [-0.3, -0.25) is 9.59 Å². The zero-order chi connectivity index (χ0) is 20.9. The second kappa shape index (κ2) is 12.2. The molecular weight excluding hydrogens is 364 g/mol. The first-order valence-electron chi connectivity index (χ1n) is 9.80. The molecule has 2 rings (SSSR count). The topological polar surface area (TPSA) is 82.9 Å². The molecule has 0 aliphatic carbocycles. The van der Waals surface area contributed by atoms with Crippen molar-refractivity contribution in [1.29, 1.82) is 0 Å². The van der Waals surface area contributed by atoms with Crippen LogP contribution in [-0.2, 0) is 9.59 Å². The predicted molar refractivity (Wildman–Crippen MR) is 117 cm³/mol. The Morgan fingerprint density at radius 1 is 0.690 bits per heavy atom. The van der Waals surface area contributed by atoms with E-state index >= 15 is 0 Å². The van der Waals surface area contributed by atoms with Crippen molar-refractivity contribution in [2.75, 3.05) is 0 Å². The fourth-order valence-corrected chi connectivity index (χ4v) is 2.52. The Bertz CT molecular complexity index is 769. The molecule has 0 saturated carbocycles. The van der Waals surface area contributed by atoms with Gasteiger partial charge >= 0.3 is 0 Å². The molecule has 0 aliphatic heterocycles. The number of amides is 2. The van der Waals surface area contributed by atoms with Crippen LogP contribution in [0.4, 0.5) is 0 Å². The van der Waals surface area contributed by atoms with E-state index in [1.807, 2.05) is 62.4 Å². The average molecular weight is 393 g/mol. The highest BCUT2D eigenvalue weighted by atomic mass is 16.2. The highest BCUT2D eigenvalue weighted by molar-refractivity contribution is 5.83. The van der Waals surface area contributed by atoms with Crippen molar-refractivity contribution in [2.24, 2.45) is 10.2 Å². The number of unbranched alkanes of at least 4 members (excludes halogenated alkanes) is 2. The van der Waals surface area contributed by atoms with Crippen LogP contribution in [0.2, 0.25) is 0 Å². The van der Waals surface area contributed by atoms with E-state index in [4.69, 9.17) is 0 Å². The van der Waals surface area contributed by atoms with Gasteiger partial charge in [-0.05, 0) is 37.8 Å². The van der Waals surface area contributed by atoms with Crippen molar-refractivity contribution in [3.63, 3.8) is 0 Å². The zero-order valence-corrected chi connectivity index (χ0v) is 17.0. The van der Waals surface area contributed by atoms with Crippen molar-refractivity contribution in [2.45, 2.75) is 46.0 Å². The molecule has 0 atom stereocenters. The fourth-order valence-electron chi connectivity index (χ4n) is 2.52. The number of carbonyl (C=O) groups excluding carboxylic acids is 2. The van der Waals surface area contributed by atoms with Crippen molar-refractivity contribution in [1.82, 2.24) is 10.9 Å². The Kier molecular flexibility index (Phi) is 9.29. The molecule has 0 spiro atoms. The van der Waals surface area contributed by atoms with E-state index in [-0.39, 0.29) is 11.8 Å². The van der Waals surface area contributed by atoms with E-state index in [2.05, 4.69) is 21.1 Å².